The van der Waals surface area contributed by atoms with Gasteiger partial charge in [-0.15, -0.1) is 11.3 Å². The first-order valence-electron chi connectivity index (χ1n) is 6.54. The van der Waals surface area contributed by atoms with Crippen LogP contribution >= 0.6 is 23.1 Å². The molecule has 0 aliphatic carbocycles. The minimum atomic E-state index is 0.539. The highest BCUT2D eigenvalue weighted by molar-refractivity contribution is 7.98. The topological polar surface area (TPSA) is 75.6 Å². The molecule has 3 aromatic rings. The van der Waals surface area contributed by atoms with Gasteiger partial charge in [0.05, 0.1) is 17.7 Å². The minimum absolute atomic E-state index is 0.539. The van der Waals surface area contributed by atoms with Crippen molar-refractivity contribution in [2.75, 3.05) is 0 Å². The Morgan fingerprint density at radius 2 is 2.18 bits per heavy atom. The molecule has 0 aliphatic rings. The van der Waals surface area contributed by atoms with Gasteiger partial charge in [-0.25, -0.2) is 15.0 Å². The lowest BCUT2D eigenvalue weighted by molar-refractivity contribution is 0.581. The molecule has 3 heterocycles. The zero-order valence-corrected chi connectivity index (χ0v) is 13.7. The van der Waals surface area contributed by atoms with Crippen LogP contribution in [0.4, 0.5) is 0 Å². The first kappa shape index (κ1) is 14.8. The molecule has 0 saturated carbocycles. The van der Waals surface area contributed by atoms with Crippen molar-refractivity contribution in [3.05, 3.63) is 46.6 Å². The van der Waals surface area contributed by atoms with E-state index in [1.165, 1.54) is 11.8 Å². The van der Waals surface area contributed by atoms with Crippen molar-refractivity contribution in [1.29, 1.82) is 5.26 Å². The number of furan rings is 1. The molecular formula is C15H12N4OS2. The maximum atomic E-state index is 9.25. The number of thiazole rings is 1. The van der Waals surface area contributed by atoms with Gasteiger partial charge in [-0.1, -0.05) is 11.8 Å². The molecule has 0 radical (unpaired) electrons. The van der Waals surface area contributed by atoms with Gasteiger partial charge >= 0.3 is 0 Å². The zero-order valence-electron chi connectivity index (χ0n) is 12.0. The van der Waals surface area contributed by atoms with E-state index in [0.717, 1.165) is 16.5 Å². The van der Waals surface area contributed by atoms with E-state index in [9.17, 15) is 5.26 Å². The van der Waals surface area contributed by atoms with Gasteiger partial charge in [-0.2, -0.15) is 5.26 Å². The van der Waals surface area contributed by atoms with Crippen LogP contribution < -0.4 is 0 Å². The highest BCUT2D eigenvalue weighted by Crippen LogP contribution is 2.29. The smallest absolute Gasteiger partial charge is 0.162 e. The lowest BCUT2D eigenvalue weighted by Crippen LogP contribution is -1.99. The van der Waals surface area contributed by atoms with E-state index in [0.29, 0.717) is 27.9 Å². The lowest BCUT2D eigenvalue weighted by Gasteiger charge is -2.05. The molecule has 3 aromatic heterocycles. The normalized spacial score (nSPS) is 10.6. The predicted molar refractivity (Wildman–Crippen MR) is 85.6 cm³/mol. The van der Waals surface area contributed by atoms with Crippen LogP contribution in [-0.4, -0.2) is 15.0 Å². The standard InChI is InChI=1S/C15H12N4OS2/c1-9-12(6-16)14(18-10(2)17-9)21-7-11-8-22-15(19-11)13-4-3-5-20-13/h3-5,8H,7H2,1-2H3. The molecule has 5 nitrogen and oxygen atoms in total. The first-order valence-corrected chi connectivity index (χ1v) is 8.40. The average molecular weight is 328 g/mol. The molecule has 0 aromatic carbocycles. The fraction of sp³-hybridized carbons (Fsp3) is 0.200. The number of thioether (sulfide) groups is 1. The van der Waals surface area contributed by atoms with Gasteiger partial charge in [0.1, 0.15) is 22.5 Å². The van der Waals surface area contributed by atoms with Crippen molar-refractivity contribution < 1.29 is 4.42 Å². The van der Waals surface area contributed by atoms with Gasteiger partial charge < -0.3 is 4.42 Å². The predicted octanol–water partition coefficient (Wildman–Crippen LogP) is 3.97. The molecule has 0 saturated heterocycles. The van der Waals surface area contributed by atoms with Crippen LogP contribution in [0, 0.1) is 25.2 Å². The van der Waals surface area contributed by atoms with Crippen LogP contribution in [0.5, 0.6) is 0 Å². The minimum Gasteiger partial charge on any atom is -0.462 e. The molecule has 110 valence electrons. The van der Waals surface area contributed by atoms with Crippen LogP contribution in [0.15, 0.2) is 33.2 Å². The van der Waals surface area contributed by atoms with Gasteiger partial charge in [0, 0.05) is 11.1 Å². The van der Waals surface area contributed by atoms with Crippen molar-refractivity contribution in [2.24, 2.45) is 0 Å². The number of hydrogen-bond donors (Lipinski definition) is 0. The van der Waals surface area contributed by atoms with Gasteiger partial charge in [0.25, 0.3) is 0 Å². The van der Waals surface area contributed by atoms with E-state index < -0.39 is 0 Å². The van der Waals surface area contributed by atoms with E-state index in [-0.39, 0.29) is 0 Å². The summed E-state index contributed by atoms with van der Waals surface area (Å²) >= 11 is 3.05. The number of rotatable bonds is 4. The van der Waals surface area contributed by atoms with E-state index in [4.69, 9.17) is 4.42 Å². The third-order valence-electron chi connectivity index (χ3n) is 2.92. The number of aromatic nitrogens is 3. The number of nitrogens with zero attached hydrogens (tertiary/aromatic N) is 4. The summed E-state index contributed by atoms with van der Waals surface area (Å²) in [4.78, 5) is 13.1. The summed E-state index contributed by atoms with van der Waals surface area (Å²) in [5, 5.41) is 12.8. The molecule has 22 heavy (non-hydrogen) atoms. The fourth-order valence-electron chi connectivity index (χ4n) is 1.94. The van der Waals surface area contributed by atoms with Crippen molar-refractivity contribution in [3.8, 4) is 16.8 Å². The summed E-state index contributed by atoms with van der Waals surface area (Å²) in [7, 11) is 0. The van der Waals surface area contributed by atoms with Crippen molar-refractivity contribution >= 4 is 23.1 Å². The second-order valence-corrected chi connectivity index (χ2v) is 6.38. The Bertz CT molecular complexity index is 834. The maximum Gasteiger partial charge on any atom is 0.162 e. The molecule has 0 spiro atoms. The molecule has 0 N–H and O–H groups in total. The van der Waals surface area contributed by atoms with Crippen molar-refractivity contribution in [2.45, 2.75) is 24.6 Å². The summed E-state index contributed by atoms with van der Waals surface area (Å²) in [6, 6.07) is 5.91. The molecule has 3 rings (SSSR count). The second-order valence-electron chi connectivity index (χ2n) is 4.56. The Morgan fingerprint density at radius 1 is 1.32 bits per heavy atom. The Kier molecular flexibility index (Phi) is 4.22. The van der Waals surface area contributed by atoms with Crippen LogP contribution in [0.3, 0.4) is 0 Å². The quantitative estimate of drug-likeness (QED) is 0.533. The lowest BCUT2D eigenvalue weighted by atomic mass is 10.3. The molecule has 0 fully saturated rings. The summed E-state index contributed by atoms with van der Waals surface area (Å²) in [5.74, 6) is 2.10. The van der Waals surface area contributed by atoms with E-state index >= 15 is 0 Å². The third-order valence-corrected chi connectivity index (χ3v) is 4.84. The van der Waals surface area contributed by atoms with Crippen LogP contribution in [0.25, 0.3) is 10.8 Å². The van der Waals surface area contributed by atoms with E-state index in [1.807, 2.05) is 31.4 Å². The summed E-state index contributed by atoms with van der Waals surface area (Å²) in [6.07, 6.45) is 1.64. The zero-order chi connectivity index (χ0) is 15.5. The first-order chi connectivity index (χ1) is 10.7. The Morgan fingerprint density at radius 3 is 2.91 bits per heavy atom. The summed E-state index contributed by atoms with van der Waals surface area (Å²) in [6.45, 7) is 3.66. The Hall–Kier alpha value is -2.17. The van der Waals surface area contributed by atoms with Gasteiger partial charge in [-0.3, -0.25) is 0 Å². The van der Waals surface area contributed by atoms with Gasteiger partial charge in [0.15, 0.2) is 10.8 Å². The van der Waals surface area contributed by atoms with Crippen LogP contribution in [0.1, 0.15) is 22.8 Å². The number of nitriles is 1. The molecule has 0 amide bonds. The number of aryl methyl sites for hydroxylation is 2. The van der Waals surface area contributed by atoms with Gasteiger partial charge in [-0.05, 0) is 26.0 Å². The van der Waals surface area contributed by atoms with E-state index in [1.54, 1.807) is 17.6 Å². The Labute approximate surface area is 136 Å². The maximum absolute atomic E-state index is 9.25. The number of hydrogen-bond acceptors (Lipinski definition) is 7. The summed E-state index contributed by atoms with van der Waals surface area (Å²) < 4.78 is 5.34. The molecule has 0 aliphatic heterocycles. The van der Waals surface area contributed by atoms with Crippen molar-refractivity contribution in [3.63, 3.8) is 0 Å². The highest BCUT2D eigenvalue weighted by atomic mass is 32.2. The monoisotopic (exact) mass is 328 g/mol. The molecule has 7 heteroatoms. The van der Waals surface area contributed by atoms with Crippen molar-refractivity contribution in [1.82, 2.24) is 15.0 Å². The molecule has 0 unspecified atom stereocenters. The SMILES string of the molecule is Cc1nc(C)c(C#N)c(SCc2csc(-c3ccco3)n2)n1. The Balaban J connectivity index is 1.78. The largest absolute Gasteiger partial charge is 0.462 e. The molecular weight excluding hydrogens is 316 g/mol. The van der Waals surface area contributed by atoms with Crippen LogP contribution in [-0.2, 0) is 5.75 Å². The fourth-order valence-corrected chi connectivity index (χ4v) is 3.80. The average Bonchev–Trinajstić information content (AvgIpc) is 3.15. The second kappa shape index (κ2) is 6.30. The van der Waals surface area contributed by atoms with Gasteiger partial charge in [0.2, 0.25) is 0 Å². The van der Waals surface area contributed by atoms with E-state index in [2.05, 4.69) is 21.0 Å². The highest BCUT2D eigenvalue weighted by Gasteiger charge is 2.12. The van der Waals surface area contributed by atoms with Crippen LogP contribution in [0.2, 0.25) is 0 Å². The third kappa shape index (κ3) is 3.03. The molecule has 0 atom stereocenters. The summed E-state index contributed by atoms with van der Waals surface area (Å²) in [5.41, 5.74) is 2.20. The molecule has 0 bridgehead atoms.